The summed E-state index contributed by atoms with van der Waals surface area (Å²) in [5.74, 6) is -0.287. The van der Waals surface area contributed by atoms with Crippen LogP contribution in [0.3, 0.4) is 0 Å². The van der Waals surface area contributed by atoms with E-state index in [1.165, 1.54) is 0 Å². The first kappa shape index (κ1) is 8.49. The number of rotatable bonds is 3. The summed E-state index contributed by atoms with van der Waals surface area (Å²) in [6.07, 6.45) is 0.739. The summed E-state index contributed by atoms with van der Waals surface area (Å²) in [5, 5.41) is 10.5. The topological polar surface area (TPSA) is 63.1 Å². The van der Waals surface area contributed by atoms with Crippen LogP contribution in [0.25, 0.3) is 0 Å². The number of carboxylic acid groups (broad SMARTS) is 1. The van der Waals surface area contributed by atoms with Crippen molar-refractivity contribution in [3.63, 3.8) is 0 Å². The Labute approximate surface area is 65.5 Å². The molecule has 1 aliphatic heterocycles. The maximum Gasteiger partial charge on any atom is 0.362 e. The molecule has 4 nitrogen and oxygen atoms in total. The largest absolute Gasteiger partial charge is 0.477 e. The number of carbonyl (C=O) groups is 1. The van der Waals surface area contributed by atoms with E-state index < -0.39 is 5.97 Å². The third-order valence-corrected chi connectivity index (χ3v) is 2.06. The van der Waals surface area contributed by atoms with Gasteiger partial charge in [0.15, 0.2) is 6.04 Å². The Morgan fingerprint density at radius 2 is 2.55 bits per heavy atom. The van der Waals surface area contributed by atoms with Crippen molar-refractivity contribution in [1.29, 1.82) is 0 Å². The van der Waals surface area contributed by atoms with Gasteiger partial charge in [-0.15, -0.1) is 0 Å². The summed E-state index contributed by atoms with van der Waals surface area (Å²) in [4.78, 5) is 10.5. The molecule has 11 heavy (non-hydrogen) atoms. The molecule has 0 amide bonds. The molecule has 1 heterocycles. The molecule has 0 spiro atoms. The minimum absolute atomic E-state index is 0.241. The number of hydrogen-bond acceptors (Lipinski definition) is 2. The molecule has 2 atom stereocenters. The summed E-state index contributed by atoms with van der Waals surface area (Å²) < 4.78 is 4.94. The van der Waals surface area contributed by atoms with Crippen LogP contribution < -0.4 is 5.32 Å². The van der Waals surface area contributed by atoms with Gasteiger partial charge in [0, 0.05) is 19.4 Å². The summed E-state index contributed by atoms with van der Waals surface area (Å²) in [6, 6.07) is -0.241. The van der Waals surface area contributed by atoms with Gasteiger partial charge in [-0.1, -0.05) is 0 Å². The molecule has 1 fully saturated rings. The van der Waals surface area contributed by atoms with Crippen LogP contribution in [-0.2, 0) is 9.53 Å². The molecule has 1 saturated heterocycles. The summed E-state index contributed by atoms with van der Waals surface area (Å²) >= 11 is 0. The van der Waals surface area contributed by atoms with Crippen molar-refractivity contribution < 1.29 is 20.0 Å². The maximum atomic E-state index is 10.5. The number of ether oxygens (including phenoxy) is 1. The van der Waals surface area contributed by atoms with Gasteiger partial charge in [-0.2, -0.15) is 0 Å². The van der Waals surface area contributed by atoms with Crippen LogP contribution in [0.1, 0.15) is 6.42 Å². The fraction of sp³-hybridized carbons (Fsp3) is 0.857. The first-order chi connectivity index (χ1) is 5.24. The third kappa shape index (κ3) is 2.17. The van der Waals surface area contributed by atoms with E-state index in [0.29, 0.717) is 12.5 Å². The second kappa shape index (κ2) is 3.69. The van der Waals surface area contributed by atoms with Crippen LogP contribution in [0.2, 0.25) is 0 Å². The molecular formula is C7H14NO3+. The maximum absolute atomic E-state index is 10.5. The lowest BCUT2D eigenvalue weighted by atomic mass is 10.1. The summed E-state index contributed by atoms with van der Waals surface area (Å²) in [5.41, 5.74) is 0. The van der Waals surface area contributed by atoms with Crippen LogP contribution >= 0.6 is 0 Å². The van der Waals surface area contributed by atoms with Crippen LogP contribution in [-0.4, -0.2) is 37.4 Å². The SMILES string of the molecule is COC[C@@H]1C[NH2+]C(C(=O)O)C1. The predicted octanol–water partition coefficient (Wildman–Crippen LogP) is -1.33. The Morgan fingerprint density at radius 1 is 1.82 bits per heavy atom. The molecule has 1 unspecified atom stereocenters. The Bertz CT molecular complexity index is 149. The minimum Gasteiger partial charge on any atom is -0.477 e. The molecule has 0 aliphatic carbocycles. The summed E-state index contributed by atoms with van der Waals surface area (Å²) in [6.45, 7) is 1.56. The van der Waals surface area contributed by atoms with Crippen molar-refractivity contribution in [3.05, 3.63) is 0 Å². The standard InChI is InChI=1S/C7H13NO3/c1-11-4-5-2-6(7(9)10)8-3-5/h5-6,8H,2-4H2,1H3,(H,9,10)/p+1/t5-,6?/m0/s1. The number of hydrogen-bond donors (Lipinski definition) is 2. The zero-order valence-corrected chi connectivity index (χ0v) is 6.62. The van der Waals surface area contributed by atoms with Crippen molar-refractivity contribution in [2.75, 3.05) is 20.3 Å². The molecule has 0 aromatic rings. The molecule has 1 aliphatic rings. The lowest BCUT2D eigenvalue weighted by molar-refractivity contribution is -0.661. The lowest BCUT2D eigenvalue weighted by Crippen LogP contribution is -2.88. The molecule has 3 N–H and O–H groups in total. The highest BCUT2D eigenvalue weighted by molar-refractivity contribution is 5.71. The third-order valence-electron chi connectivity index (χ3n) is 2.06. The Hall–Kier alpha value is -0.610. The zero-order chi connectivity index (χ0) is 8.27. The smallest absolute Gasteiger partial charge is 0.362 e. The van der Waals surface area contributed by atoms with E-state index in [1.54, 1.807) is 7.11 Å². The molecular weight excluding hydrogens is 146 g/mol. The first-order valence-corrected chi connectivity index (χ1v) is 3.79. The summed E-state index contributed by atoms with van der Waals surface area (Å²) in [7, 11) is 1.65. The highest BCUT2D eigenvalue weighted by Gasteiger charge is 2.32. The van der Waals surface area contributed by atoms with E-state index in [4.69, 9.17) is 9.84 Å². The molecule has 0 aromatic heterocycles. The minimum atomic E-state index is -0.705. The number of nitrogens with two attached hydrogens (primary N) is 1. The number of quaternary nitrogens is 1. The van der Waals surface area contributed by atoms with Gasteiger partial charge in [-0.05, 0) is 0 Å². The van der Waals surface area contributed by atoms with Crippen LogP contribution in [0.5, 0.6) is 0 Å². The van der Waals surface area contributed by atoms with E-state index in [2.05, 4.69) is 0 Å². The first-order valence-electron chi connectivity index (χ1n) is 3.79. The highest BCUT2D eigenvalue weighted by Crippen LogP contribution is 2.08. The zero-order valence-electron chi connectivity index (χ0n) is 6.62. The molecule has 64 valence electrons. The average molecular weight is 160 g/mol. The quantitative estimate of drug-likeness (QED) is 0.537. The Balaban J connectivity index is 2.29. The van der Waals surface area contributed by atoms with E-state index in [9.17, 15) is 4.79 Å². The second-order valence-corrected chi connectivity index (χ2v) is 2.97. The van der Waals surface area contributed by atoms with Crippen LogP contribution in [0.4, 0.5) is 0 Å². The van der Waals surface area contributed by atoms with E-state index in [1.807, 2.05) is 5.32 Å². The van der Waals surface area contributed by atoms with Crippen LogP contribution in [0, 0.1) is 5.92 Å². The Morgan fingerprint density at radius 3 is 3.00 bits per heavy atom. The van der Waals surface area contributed by atoms with Crippen molar-refractivity contribution in [2.45, 2.75) is 12.5 Å². The molecule has 0 bridgehead atoms. The highest BCUT2D eigenvalue weighted by atomic mass is 16.5. The fourth-order valence-electron chi connectivity index (χ4n) is 1.48. The van der Waals surface area contributed by atoms with Crippen molar-refractivity contribution in [3.8, 4) is 0 Å². The lowest BCUT2D eigenvalue weighted by Gasteiger charge is -2.01. The van der Waals surface area contributed by atoms with Crippen molar-refractivity contribution in [2.24, 2.45) is 5.92 Å². The molecule has 1 rings (SSSR count). The van der Waals surface area contributed by atoms with Gasteiger partial charge in [-0.3, -0.25) is 0 Å². The van der Waals surface area contributed by atoms with E-state index >= 15 is 0 Å². The normalized spacial score (nSPS) is 30.6. The van der Waals surface area contributed by atoms with E-state index in [0.717, 1.165) is 13.0 Å². The van der Waals surface area contributed by atoms with Crippen molar-refractivity contribution in [1.82, 2.24) is 0 Å². The number of methoxy groups -OCH3 is 1. The fourth-order valence-corrected chi connectivity index (χ4v) is 1.48. The van der Waals surface area contributed by atoms with Gasteiger partial charge >= 0.3 is 5.97 Å². The average Bonchev–Trinajstić information content (AvgIpc) is 2.37. The monoisotopic (exact) mass is 160 g/mol. The van der Waals surface area contributed by atoms with Crippen molar-refractivity contribution >= 4 is 5.97 Å². The number of carboxylic acids is 1. The molecule has 0 aromatic carbocycles. The number of aliphatic carboxylic acids is 1. The van der Waals surface area contributed by atoms with Gasteiger partial charge in [0.05, 0.1) is 13.2 Å². The van der Waals surface area contributed by atoms with E-state index in [-0.39, 0.29) is 6.04 Å². The van der Waals surface area contributed by atoms with Gasteiger partial charge in [0.25, 0.3) is 0 Å². The van der Waals surface area contributed by atoms with Crippen LogP contribution in [0.15, 0.2) is 0 Å². The van der Waals surface area contributed by atoms with Gasteiger partial charge in [0.2, 0.25) is 0 Å². The molecule has 4 heteroatoms. The van der Waals surface area contributed by atoms with Gasteiger partial charge in [0.1, 0.15) is 0 Å². The molecule has 0 saturated carbocycles. The van der Waals surface area contributed by atoms with Gasteiger partial charge in [-0.25, -0.2) is 4.79 Å². The predicted molar refractivity (Wildman–Crippen MR) is 38.2 cm³/mol. The molecule has 0 radical (unpaired) electrons. The second-order valence-electron chi connectivity index (χ2n) is 2.97. The Kier molecular flexibility index (Phi) is 2.84. The van der Waals surface area contributed by atoms with Gasteiger partial charge < -0.3 is 15.2 Å².